The summed E-state index contributed by atoms with van der Waals surface area (Å²) in [6.45, 7) is 1.15. The van der Waals surface area contributed by atoms with Crippen LogP contribution in [0, 0.1) is 5.82 Å². The summed E-state index contributed by atoms with van der Waals surface area (Å²) >= 11 is 6.04. The van der Waals surface area contributed by atoms with E-state index in [1.54, 1.807) is 29.2 Å². The number of aromatic amines is 1. The monoisotopic (exact) mass is 424 g/mol. The maximum Gasteiger partial charge on any atom is 0.270 e. The molecule has 1 aliphatic rings. The highest BCUT2D eigenvalue weighted by Gasteiger charge is 2.30. The third-order valence-electron chi connectivity index (χ3n) is 5.40. The molecule has 2 aromatic heterocycles. The minimum absolute atomic E-state index is 0.0590. The number of hydrogen-bond donors (Lipinski definition) is 1. The third kappa shape index (κ3) is 3.57. The van der Waals surface area contributed by atoms with Crippen LogP contribution in [0.1, 0.15) is 35.1 Å². The van der Waals surface area contributed by atoms with E-state index in [4.69, 9.17) is 16.1 Å². The molecule has 1 fully saturated rings. The Labute approximate surface area is 176 Å². The summed E-state index contributed by atoms with van der Waals surface area (Å²) in [4.78, 5) is 22.5. The van der Waals surface area contributed by atoms with E-state index in [0.717, 1.165) is 23.7 Å². The van der Waals surface area contributed by atoms with E-state index in [1.165, 1.54) is 12.1 Å². The quantitative estimate of drug-likeness (QED) is 0.500. The first-order valence-electron chi connectivity index (χ1n) is 9.74. The fourth-order valence-corrected chi connectivity index (χ4v) is 4.07. The number of halogens is 2. The minimum Gasteiger partial charge on any atom is -0.350 e. The number of benzene rings is 2. The smallest absolute Gasteiger partial charge is 0.270 e. The zero-order chi connectivity index (χ0) is 20.7. The number of aromatic nitrogens is 3. The summed E-state index contributed by atoms with van der Waals surface area (Å²) in [7, 11) is 0. The van der Waals surface area contributed by atoms with Crippen molar-refractivity contribution >= 4 is 28.4 Å². The summed E-state index contributed by atoms with van der Waals surface area (Å²) in [6, 6.07) is 13.4. The lowest BCUT2D eigenvalue weighted by molar-refractivity contribution is 0.0690. The number of piperidine rings is 1. The fourth-order valence-electron chi connectivity index (χ4n) is 3.89. The van der Waals surface area contributed by atoms with Gasteiger partial charge in [0.25, 0.3) is 5.91 Å². The van der Waals surface area contributed by atoms with Crippen molar-refractivity contribution < 1.29 is 13.7 Å². The Balaban J connectivity index is 1.35. The van der Waals surface area contributed by atoms with Gasteiger partial charge in [0.15, 0.2) is 0 Å². The first kappa shape index (κ1) is 18.8. The molecule has 6 nitrogen and oxygen atoms in total. The molecule has 2 aromatic carbocycles. The van der Waals surface area contributed by atoms with Crippen LogP contribution in [-0.4, -0.2) is 39.0 Å². The molecule has 8 heteroatoms. The Morgan fingerprint density at radius 1 is 1.23 bits per heavy atom. The number of carbonyl (C=O) groups excluding carboxylic acids is 1. The second-order valence-corrected chi connectivity index (χ2v) is 7.91. The fraction of sp³-hybridized carbons (Fsp3) is 0.227. The van der Waals surface area contributed by atoms with Gasteiger partial charge in [-0.1, -0.05) is 35.0 Å². The van der Waals surface area contributed by atoms with E-state index in [9.17, 15) is 9.18 Å². The van der Waals surface area contributed by atoms with Gasteiger partial charge in [0, 0.05) is 34.6 Å². The Hall–Kier alpha value is -3.19. The number of fused-ring (bicyclic) bond motifs is 1. The largest absolute Gasteiger partial charge is 0.350 e. The van der Waals surface area contributed by atoms with Gasteiger partial charge in [-0.2, -0.15) is 4.98 Å². The van der Waals surface area contributed by atoms with Crippen molar-refractivity contribution in [2.75, 3.05) is 13.1 Å². The molecule has 1 saturated heterocycles. The van der Waals surface area contributed by atoms with Gasteiger partial charge in [0.05, 0.1) is 5.92 Å². The van der Waals surface area contributed by atoms with Crippen molar-refractivity contribution in [3.63, 3.8) is 0 Å². The average Bonchev–Trinajstić information content (AvgIpc) is 3.40. The van der Waals surface area contributed by atoms with Crippen molar-refractivity contribution in [1.29, 1.82) is 0 Å². The standard InChI is InChI=1S/C22H18ClFN4O2/c23-16-7-6-13-10-19(25-18(13)11-16)22(29)28-8-2-4-15(12-28)21-26-20(27-30-21)14-3-1-5-17(24)9-14/h1,3,5-7,9-11,15,25H,2,4,8,12H2. The number of rotatable bonds is 3. The second kappa shape index (κ2) is 7.57. The number of nitrogens with one attached hydrogen (secondary N) is 1. The summed E-state index contributed by atoms with van der Waals surface area (Å²) in [5.41, 5.74) is 1.92. The predicted octanol–water partition coefficient (Wildman–Crippen LogP) is 5.03. The van der Waals surface area contributed by atoms with Crippen LogP contribution in [0.2, 0.25) is 5.02 Å². The number of H-pyrrole nitrogens is 1. The molecule has 0 spiro atoms. The van der Waals surface area contributed by atoms with Gasteiger partial charge in [0.1, 0.15) is 11.5 Å². The first-order valence-corrected chi connectivity index (χ1v) is 10.1. The zero-order valence-electron chi connectivity index (χ0n) is 15.9. The summed E-state index contributed by atoms with van der Waals surface area (Å²) in [5.74, 6) is 0.330. The van der Waals surface area contributed by atoms with Crippen LogP contribution >= 0.6 is 11.6 Å². The molecule has 0 radical (unpaired) electrons. The van der Waals surface area contributed by atoms with Crippen molar-refractivity contribution in [3.8, 4) is 11.4 Å². The predicted molar refractivity (Wildman–Crippen MR) is 111 cm³/mol. The Morgan fingerprint density at radius 3 is 3.00 bits per heavy atom. The van der Waals surface area contributed by atoms with E-state index in [2.05, 4.69) is 15.1 Å². The maximum absolute atomic E-state index is 13.5. The molecule has 3 heterocycles. The summed E-state index contributed by atoms with van der Waals surface area (Å²) < 4.78 is 18.9. The molecule has 1 amide bonds. The van der Waals surface area contributed by atoms with E-state index in [1.807, 2.05) is 12.1 Å². The lowest BCUT2D eigenvalue weighted by Gasteiger charge is -2.30. The molecule has 1 aliphatic heterocycles. The van der Waals surface area contributed by atoms with Gasteiger partial charge < -0.3 is 14.4 Å². The van der Waals surface area contributed by atoms with Gasteiger partial charge in [-0.05, 0) is 43.2 Å². The first-order chi connectivity index (χ1) is 14.6. The molecule has 1 unspecified atom stereocenters. The minimum atomic E-state index is -0.354. The molecular formula is C22H18ClFN4O2. The number of carbonyl (C=O) groups is 1. The topological polar surface area (TPSA) is 75.0 Å². The molecule has 5 rings (SSSR count). The number of hydrogen-bond acceptors (Lipinski definition) is 4. The highest BCUT2D eigenvalue weighted by Crippen LogP contribution is 2.29. The van der Waals surface area contributed by atoms with Gasteiger partial charge in [-0.25, -0.2) is 4.39 Å². The SMILES string of the molecule is O=C(c1cc2ccc(Cl)cc2[nH]1)N1CCCC(c2nc(-c3cccc(F)c3)no2)C1. The van der Waals surface area contributed by atoms with Crippen LogP contribution in [0.5, 0.6) is 0 Å². The lowest BCUT2D eigenvalue weighted by atomic mass is 9.97. The van der Waals surface area contributed by atoms with E-state index >= 15 is 0 Å². The van der Waals surface area contributed by atoms with Crippen molar-refractivity contribution in [2.45, 2.75) is 18.8 Å². The van der Waals surface area contributed by atoms with Gasteiger partial charge >= 0.3 is 0 Å². The highest BCUT2D eigenvalue weighted by atomic mass is 35.5. The van der Waals surface area contributed by atoms with E-state index in [-0.39, 0.29) is 17.6 Å². The van der Waals surface area contributed by atoms with E-state index < -0.39 is 0 Å². The highest BCUT2D eigenvalue weighted by molar-refractivity contribution is 6.31. The molecule has 30 heavy (non-hydrogen) atoms. The van der Waals surface area contributed by atoms with Crippen molar-refractivity contribution in [1.82, 2.24) is 20.0 Å². The number of amides is 1. The van der Waals surface area contributed by atoms with Crippen LogP contribution in [0.15, 0.2) is 53.1 Å². The third-order valence-corrected chi connectivity index (χ3v) is 5.63. The number of nitrogens with zero attached hydrogens (tertiary/aromatic N) is 3. The average molecular weight is 425 g/mol. The normalized spacial score (nSPS) is 16.9. The maximum atomic E-state index is 13.5. The molecule has 152 valence electrons. The second-order valence-electron chi connectivity index (χ2n) is 7.47. The summed E-state index contributed by atoms with van der Waals surface area (Å²) in [6.07, 6.45) is 1.68. The van der Waals surface area contributed by atoms with Gasteiger partial charge in [0.2, 0.25) is 11.7 Å². The van der Waals surface area contributed by atoms with Crippen LogP contribution in [0.4, 0.5) is 4.39 Å². The van der Waals surface area contributed by atoms with Crippen molar-refractivity contribution in [3.05, 3.63) is 71.0 Å². The van der Waals surface area contributed by atoms with Crippen molar-refractivity contribution in [2.24, 2.45) is 0 Å². The van der Waals surface area contributed by atoms with Gasteiger partial charge in [-0.15, -0.1) is 0 Å². The molecule has 0 aliphatic carbocycles. The van der Waals surface area contributed by atoms with Crippen LogP contribution in [-0.2, 0) is 0 Å². The number of likely N-dealkylation sites (tertiary alicyclic amines) is 1. The van der Waals surface area contributed by atoms with E-state index in [0.29, 0.717) is 41.1 Å². The Bertz CT molecular complexity index is 1230. The Morgan fingerprint density at radius 2 is 2.13 bits per heavy atom. The summed E-state index contributed by atoms with van der Waals surface area (Å²) in [5, 5.41) is 5.55. The molecular weight excluding hydrogens is 407 g/mol. The van der Waals surface area contributed by atoms with Crippen LogP contribution < -0.4 is 0 Å². The zero-order valence-corrected chi connectivity index (χ0v) is 16.7. The molecule has 4 aromatic rings. The van der Waals surface area contributed by atoms with Crippen LogP contribution in [0.3, 0.4) is 0 Å². The Kier molecular flexibility index (Phi) is 4.75. The molecule has 1 atom stereocenters. The van der Waals surface area contributed by atoms with Gasteiger partial charge in [-0.3, -0.25) is 4.79 Å². The molecule has 0 bridgehead atoms. The molecule has 1 N–H and O–H groups in total. The lowest BCUT2D eigenvalue weighted by Crippen LogP contribution is -2.39. The molecule has 0 saturated carbocycles. The van der Waals surface area contributed by atoms with Crippen LogP contribution in [0.25, 0.3) is 22.3 Å².